The van der Waals surface area contributed by atoms with Crippen molar-refractivity contribution in [1.29, 1.82) is 0 Å². The van der Waals surface area contributed by atoms with Gasteiger partial charge in [-0.2, -0.15) is 0 Å². The molecule has 13 heavy (non-hydrogen) atoms. The smallest absolute Gasteiger partial charge is 0.748 e. The van der Waals surface area contributed by atoms with Gasteiger partial charge in [-0.05, 0) is 13.3 Å². The Labute approximate surface area is 124 Å². The monoisotopic (exact) mass is 232 g/mol. The third-order valence-electron chi connectivity index (χ3n) is 1.96. The van der Waals surface area contributed by atoms with E-state index < -0.39 is 15.4 Å². The van der Waals surface area contributed by atoms with Gasteiger partial charge in [0.25, 0.3) is 0 Å². The van der Waals surface area contributed by atoms with E-state index in [9.17, 15) is 13.0 Å². The number of hydrogen-bond donors (Lipinski definition) is 0. The molecule has 0 saturated heterocycles. The minimum atomic E-state index is -4.04. The maximum atomic E-state index is 10.4. The van der Waals surface area contributed by atoms with Crippen LogP contribution in [0, 0.1) is 0 Å². The van der Waals surface area contributed by atoms with Gasteiger partial charge >= 0.3 is 51.4 Å². The van der Waals surface area contributed by atoms with Crippen molar-refractivity contribution in [2.75, 3.05) is 0 Å². The Morgan fingerprint density at radius 2 is 1.77 bits per heavy atom. The van der Waals surface area contributed by atoms with Gasteiger partial charge in [-0.25, -0.2) is 8.42 Å². The second-order valence-corrected chi connectivity index (χ2v) is 4.94. The summed E-state index contributed by atoms with van der Waals surface area (Å²) in [5.41, 5.74) is 0. The fourth-order valence-electron chi connectivity index (χ4n) is 1.00. The molecule has 0 aromatic carbocycles. The maximum absolute atomic E-state index is 10.4. The zero-order valence-corrected chi connectivity index (χ0v) is 12.7. The van der Waals surface area contributed by atoms with Gasteiger partial charge in [0.2, 0.25) is 0 Å². The summed E-state index contributed by atoms with van der Waals surface area (Å²) in [6, 6.07) is 0. The Hall–Kier alpha value is 1.55. The van der Waals surface area contributed by atoms with Crippen LogP contribution in [0.4, 0.5) is 0 Å². The Morgan fingerprint density at radius 1 is 1.23 bits per heavy atom. The molecule has 0 heterocycles. The third-order valence-corrected chi connectivity index (χ3v) is 3.18. The largest absolute Gasteiger partial charge is 1.00 e. The average Bonchev–Trinajstić information content (AvgIpc) is 1.96. The molecule has 0 unspecified atom stereocenters. The van der Waals surface area contributed by atoms with E-state index in [-0.39, 0.29) is 51.4 Å². The zero-order chi connectivity index (χ0) is 9.61. The summed E-state index contributed by atoms with van der Waals surface area (Å²) < 4.78 is 31.3. The first-order valence-electron chi connectivity index (χ1n) is 4.43. The number of hydrogen-bond acceptors (Lipinski definition) is 3. The molecule has 0 bridgehead atoms. The molecule has 0 saturated carbocycles. The topological polar surface area (TPSA) is 57.2 Å². The van der Waals surface area contributed by atoms with E-state index in [2.05, 4.69) is 6.92 Å². The van der Waals surface area contributed by atoms with Crippen LogP contribution >= 0.6 is 0 Å². The van der Waals surface area contributed by atoms with Crippen LogP contribution in [-0.4, -0.2) is 18.2 Å². The quantitative estimate of drug-likeness (QED) is 0.332. The van der Waals surface area contributed by atoms with E-state index in [4.69, 9.17) is 0 Å². The second kappa shape index (κ2) is 8.82. The van der Waals surface area contributed by atoms with Crippen LogP contribution in [0.15, 0.2) is 0 Å². The molecule has 0 aliphatic heterocycles. The molecule has 5 heteroatoms. The van der Waals surface area contributed by atoms with E-state index in [0.29, 0.717) is 6.42 Å². The summed E-state index contributed by atoms with van der Waals surface area (Å²) in [7, 11) is -4.04. The molecular weight excluding hydrogens is 215 g/mol. The molecule has 0 fully saturated rings. The Kier molecular flexibility index (Phi) is 11.5. The Balaban J connectivity index is 0. The summed E-state index contributed by atoms with van der Waals surface area (Å²) in [6.07, 6.45) is 4.61. The van der Waals surface area contributed by atoms with Gasteiger partial charge in [0.05, 0.1) is 10.1 Å². The van der Waals surface area contributed by atoms with Crippen LogP contribution in [0.25, 0.3) is 0 Å². The first-order valence-corrected chi connectivity index (χ1v) is 5.90. The molecule has 0 spiro atoms. The van der Waals surface area contributed by atoms with Crippen LogP contribution in [0.1, 0.15) is 46.0 Å². The number of unbranched alkanes of at least 4 members (excludes halogenated alkanes) is 3. The zero-order valence-electron chi connectivity index (χ0n) is 8.75. The first-order chi connectivity index (χ1) is 5.48. The van der Waals surface area contributed by atoms with Crippen LogP contribution in [0.5, 0.6) is 0 Å². The molecule has 74 valence electrons. The molecule has 0 aromatic heterocycles. The van der Waals surface area contributed by atoms with Gasteiger partial charge in [-0.3, -0.25) is 0 Å². The standard InChI is InChI=1S/C8H18O3S.K/c1-3-4-5-6-7-8(2)12(9,10)11;/h8H,3-7H2,1-2H3,(H,9,10,11);/q;+1/p-1/t8-;/m1./s1. The van der Waals surface area contributed by atoms with Crippen molar-refractivity contribution in [3.05, 3.63) is 0 Å². The fraction of sp³-hybridized carbons (Fsp3) is 1.00. The molecule has 0 aliphatic carbocycles. The van der Waals surface area contributed by atoms with Gasteiger partial charge in [-0.15, -0.1) is 0 Å². The van der Waals surface area contributed by atoms with Crippen molar-refractivity contribution in [2.45, 2.75) is 51.2 Å². The molecule has 0 aromatic rings. The van der Waals surface area contributed by atoms with Gasteiger partial charge in [-0.1, -0.05) is 32.6 Å². The number of rotatable bonds is 6. The summed E-state index contributed by atoms with van der Waals surface area (Å²) in [4.78, 5) is 0. The normalized spacial score (nSPS) is 13.5. The summed E-state index contributed by atoms with van der Waals surface area (Å²) in [5.74, 6) is 0. The van der Waals surface area contributed by atoms with Gasteiger partial charge in [0.1, 0.15) is 0 Å². The first kappa shape index (κ1) is 17.0. The molecular formula is C8H17KO3S. The SMILES string of the molecule is CCCCCC[C@@H](C)S(=O)(=O)[O-].[K+]. The average molecular weight is 232 g/mol. The Morgan fingerprint density at radius 3 is 2.15 bits per heavy atom. The predicted octanol–water partition coefficient (Wildman–Crippen LogP) is -1.11. The summed E-state index contributed by atoms with van der Waals surface area (Å²) in [5, 5.41) is -0.714. The van der Waals surface area contributed by atoms with E-state index >= 15 is 0 Å². The van der Waals surface area contributed by atoms with Crippen molar-refractivity contribution in [3.8, 4) is 0 Å². The van der Waals surface area contributed by atoms with Gasteiger partial charge in [0.15, 0.2) is 0 Å². The van der Waals surface area contributed by atoms with Crippen molar-refractivity contribution in [1.82, 2.24) is 0 Å². The Bertz CT molecular complexity index is 201. The molecule has 0 aliphatic rings. The molecule has 3 nitrogen and oxygen atoms in total. The molecule has 0 amide bonds. The van der Waals surface area contributed by atoms with Gasteiger partial charge in [0, 0.05) is 5.25 Å². The van der Waals surface area contributed by atoms with Crippen molar-refractivity contribution >= 4 is 10.1 Å². The minimum Gasteiger partial charge on any atom is -0.748 e. The van der Waals surface area contributed by atoms with Crippen LogP contribution < -0.4 is 51.4 Å². The second-order valence-electron chi connectivity index (χ2n) is 3.15. The van der Waals surface area contributed by atoms with E-state index in [1.165, 1.54) is 6.92 Å². The van der Waals surface area contributed by atoms with E-state index in [1.807, 2.05) is 0 Å². The maximum Gasteiger partial charge on any atom is 1.00 e. The molecule has 0 radical (unpaired) electrons. The van der Waals surface area contributed by atoms with E-state index in [1.54, 1.807) is 0 Å². The van der Waals surface area contributed by atoms with Crippen molar-refractivity contribution in [2.24, 2.45) is 0 Å². The fourth-order valence-corrected chi connectivity index (χ4v) is 1.46. The summed E-state index contributed by atoms with van der Waals surface area (Å²) in [6.45, 7) is 3.57. The molecule has 0 rings (SSSR count). The van der Waals surface area contributed by atoms with Crippen molar-refractivity contribution < 1.29 is 64.4 Å². The van der Waals surface area contributed by atoms with Crippen molar-refractivity contribution in [3.63, 3.8) is 0 Å². The predicted molar refractivity (Wildman–Crippen MR) is 47.9 cm³/mol. The third kappa shape index (κ3) is 9.84. The van der Waals surface area contributed by atoms with Crippen LogP contribution in [0.2, 0.25) is 0 Å². The molecule has 1 atom stereocenters. The van der Waals surface area contributed by atoms with Gasteiger partial charge < -0.3 is 4.55 Å². The summed E-state index contributed by atoms with van der Waals surface area (Å²) >= 11 is 0. The minimum absolute atomic E-state index is 0. The van der Waals surface area contributed by atoms with E-state index in [0.717, 1.165) is 25.7 Å². The van der Waals surface area contributed by atoms with Crippen LogP contribution in [0.3, 0.4) is 0 Å². The van der Waals surface area contributed by atoms with Crippen LogP contribution in [-0.2, 0) is 10.1 Å². The molecule has 0 N–H and O–H groups in total.